The second-order valence-electron chi connectivity index (χ2n) is 6.22. The molecular formula is C20H20F3NO4. The Morgan fingerprint density at radius 3 is 2.25 bits per heavy atom. The van der Waals surface area contributed by atoms with Crippen molar-refractivity contribution < 1.29 is 32.6 Å². The average molecular weight is 395 g/mol. The molecule has 0 aliphatic rings. The molecule has 0 fully saturated rings. The summed E-state index contributed by atoms with van der Waals surface area (Å²) in [4.78, 5) is 23.3. The van der Waals surface area contributed by atoms with Crippen LogP contribution in [-0.2, 0) is 11.2 Å². The molecule has 0 heterocycles. The highest BCUT2D eigenvalue weighted by molar-refractivity contribution is 5.94. The summed E-state index contributed by atoms with van der Waals surface area (Å²) in [6, 6.07) is 14.2. The number of nitrogens with one attached hydrogen (secondary N) is 1. The Balaban J connectivity index is 2.00. The summed E-state index contributed by atoms with van der Waals surface area (Å²) in [6.07, 6.45) is -3.82. The van der Waals surface area contributed by atoms with Crippen molar-refractivity contribution in [3.05, 3.63) is 65.7 Å². The van der Waals surface area contributed by atoms with Gasteiger partial charge in [-0.2, -0.15) is 13.2 Å². The fourth-order valence-corrected chi connectivity index (χ4v) is 2.56. The molecule has 0 aliphatic heterocycles. The third-order valence-corrected chi connectivity index (χ3v) is 3.89. The zero-order chi connectivity index (χ0) is 20.6. The molecule has 0 aliphatic carbocycles. The summed E-state index contributed by atoms with van der Waals surface area (Å²) in [5, 5.41) is 11.7. The first-order valence-electron chi connectivity index (χ1n) is 8.59. The highest BCUT2D eigenvalue weighted by Gasteiger charge is 2.28. The molecule has 0 spiro atoms. The van der Waals surface area contributed by atoms with Crippen LogP contribution < -0.4 is 10.1 Å². The quantitative estimate of drug-likeness (QED) is 0.677. The lowest BCUT2D eigenvalue weighted by Crippen LogP contribution is -2.36. The summed E-state index contributed by atoms with van der Waals surface area (Å²) >= 11 is 0. The molecule has 2 aromatic rings. The number of ether oxygens (including phenoxy) is 1. The van der Waals surface area contributed by atoms with Crippen LogP contribution in [-0.4, -0.2) is 35.8 Å². The molecule has 2 N–H and O–H groups in total. The number of hydrogen-bond acceptors (Lipinski definition) is 3. The third-order valence-electron chi connectivity index (χ3n) is 3.89. The van der Waals surface area contributed by atoms with Crippen LogP contribution in [0.25, 0.3) is 0 Å². The molecule has 2 aromatic carbocycles. The summed E-state index contributed by atoms with van der Waals surface area (Å²) in [6.45, 7) is -1.41. The lowest BCUT2D eigenvalue weighted by molar-refractivity contribution is -0.153. The smallest absolute Gasteiger partial charge is 0.422 e. The summed E-state index contributed by atoms with van der Waals surface area (Å²) in [7, 11) is 0. The first-order valence-corrected chi connectivity index (χ1v) is 8.59. The van der Waals surface area contributed by atoms with E-state index in [2.05, 4.69) is 10.1 Å². The van der Waals surface area contributed by atoms with E-state index < -0.39 is 30.7 Å². The first kappa shape index (κ1) is 21.3. The van der Waals surface area contributed by atoms with E-state index in [1.165, 1.54) is 24.3 Å². The van der Waals surface area contributed by atoms with Crippen molar-refractivity contribution in [2.75, 3.05) is 6.61 Å². The Morgan fingerprint density at radius 1 is 1.04 bits per heavy atom. The normalized spacial score (nSPS) is 12.2. The Morgan fingerprint density at radius 2 is 1.68 bits per heavy atom. The molecule has 0 saturated carbocycles. The molecule has 8 heteroatoms. The van der Waals surface area contributed by atoms with Gasteiger partial charge in [0.15, 0.2) is 6.61 Å². The van der Waals surface area contributed by atoms with Crippen molar-refractivity contribution in [2.45, 2.75) is 31.5 Å². The molecule has 28 heavy (non-hydrogen) atoms. The van der Waals surface area contributed by atoms with Gasteiger partial charge in [0.1, 0.15) is 5.75 Å². The molecule has 0 bridgehead atoms. The molecular weight excluding hydrogens is 375 g/mol. The van der Waals surface area contributed by atoms with Crippen LogP contribution in [0.1, 0.15) is 28.8 Å². The van der Waals surface area contributed by atoms with Gasteiger partial charge >= 0.3 is 12.1 Å². The number of alkyl halides is 3. The van der Waals surface area contributed by atoms with Gasteiger partial charge in [-0.15, -0.1) is 0 Å². The Bertz CT molecular complexity index is 776. The standard InChI is InChI=1S/C20H20F3NO4/c21-20(22,23)13-28-17-9-6-15(7-10-17)19(27)24-16(8-11-18(25)26)12-14-4-2-1-3-5-14/h1-7,9-10,16H,8,11-13H2,(H,24,27)(H,25,26). The van der Waals surface area contributed by atoms with E-state index in [4.69, 9.17) is 5.11 Å². The molecule has 0 aromatic heterocycles. The summed E-state index contributed by atoms with van der Waals surface area (Å²) in [5.74, 6) is -1.40. The van der Waals surface area contributed by atoms with Crippen molar-refractivity contribution in [3.8, 4) is 5.75 Å². The average Bonchev–Trinajstić information content (AvgIpc) is 2.65. The van der Waals surface area contributed by atoms with Crippen LogP contribution in [0.4, 0.5) is 13.2 Å². The summed E-state index contributed by atoms with van der Waals surface area (Å²) in [5.41, 5.74) is 1.20. The molecule has 5 nitrogen and oxygen atoms in total. The zero-order valence-electron chi connectivity index (χ0n) is 14.9. The number of carbonyl (C=O) groups is 2. The van der Waals surface area contributed by atoms with E-state index in [1.807, 2.05) is 30.3 Å². The topological polar surface area (TPSA) is 75.6 Å². The minimum atomic E-state index is -4.44. The monoisotopic (exact) mass is 395 g/mol. The molecule has 0 saturated heterocycles. The molecule has 1 amide bonds. The number of halogens is 3. The zero-order valence-corrected chi connectivity index (χ0v) is 14.9. The van der Waals surface area contributed by atoms with E-state index in [-0.39, 0.29) is 24.2 Å². The fraction of sp³-hybridized carbons (Fsp3) is 0.300. The Labute approximate surface area is 160 Å². The van der Waals surface area contributed by atoms with Gasteiger partial charge < -0.3 is 15.2 Å². The molecule has 1 atom stereocenters. The lowest BCUT2D eigenvalue weighted by atomic mass is 10.0. The molecule has 0 radical (unpaired) electrons. The number of benzene rings is 2. The SMILES string of the molecule is O=C(O)CCC(Cc1ccccc1)NC(=O)c1ccc(OCC(F)(F)F)cc1. The Kier molecular flexibility index (Phi) is 7.43. The van der Waals surface area contributed by atoms with Gasteiger partial charge in [-0.05, 0) is 42.7 Å². The predicted molar refractivity (Wildman–Crippen MR) is 96.3 cm³/mol. The maximum Gasteiger partial charge on any atom is 0.422 e. The van der Waals surface area contributed by atoms with Crippen LogP contribution in [0, 0.1) is 0 Å². The highest BCUT2D eigenvalue weighted by atomic mass is 19.4. The highest BCUT2D eigenvalue weighted by Crippen LogP contribution is 2.19. The van der Waals surface area contributed by atoms with Crippen LogP contribution in [0.15, 0.2) is 54.6 Å². The number of carbonyl (C=O) groups excluding carboxylic acids is 1. The van der Waals surface area contributed by atoms with Crippen molar-refractivity contribution in [2.24, 2.45) is 0 Å². The minimum absolute atomic E-state index is 0.000544. The predicted octanol–water partition coefficient (Wildman–Crippen LogP) is 3.83. The molecule has 1 unspecified atom stereocenters. The number of hydrogen-bond donors (Lipinski definition) is 2. The molecule has 2 rings (SSSR count). The second kappa shape index (κ2) is 9.77. The van der Waals surface area contributed by atoms with Gasteiger partial charge in [0, 0.05) is 18.0 Å². The maximum atomic E-state index is 12.4. The second-order valence-corrected chi connectivity index (χ2v) is 6.22. The van der Waals surface area contributed by atoms with Gasteiger partial charge in [-0.25, -0.2) is 0 Å². The van der Waals surface area contributed by atoms with E-state index in [1.54, 1.807) is 0 Å². The number of aliphatic carboxylic acids is 1. The van der Waals surface area contributed by atoms with E-state index in [0.717, 1.165) is 5.56 Å². The van der Waals surface area contributed by atoms with Crippen molar-refractivity contribution in [3.63, 3.8) is 0 Å². The van der Waals surface area contributed by atoms with Gasteiger partial charge in [-0.1, -0.05) is 30.3 Å². The largest absolute Gasteiger partial charge is 0.484 e. The Hall–Kier alpha value is -3.03. The van der Waals surface area contributed by atoms with Crippen LogP contribution >= 0.6 is 0 Å². The van der Waals surface area contributed by atoms with Gasteiger partial charge in [0.2, 0.25) is 0 Å². The molecule has 150 valence electrons. The van der Waals surface area contributed by atoms with Gasteiger partial charge in [0.25, 0.3) is 5.91 Å². The van der Waals surface area contributed by atoms with Crippen LogP contribution in [0.2, 0.25) is 0 Å². The van der Waals surface area contributed by atoms with Crippen molar-refractivity contribution >= 4 is 11.9 Å². The van der Waals surface area contributed by atoms with E-state index in [0.29, 0.717) is 6.42 Å². The number of rotatable bonds is 9. The number of carboxylic acid groups (broad SMARTS) is 1. The maximum absolute atomic E-state index is 12.4. The van der Waals surface area contributed by atoms with Crippen molar-refractivity contribution in [1.82, 2.24) is 5.32 Å². The van der Waals surface area contributed by atoms with E-state index >= 15 is 0 Å². The van der Waals surface area contributed by atoms with Gasteiger partial charge in [0.05, 0.1) is 0 Å². The van der Waals surface area contributed by atoms with Crippen molar-refractivity contribution in [1.29, 1.82) is 0 Å². The summed E-state index contributed by atoms with van der Waals surface area (Å²) < 4.78 is 41.1. The van der Waals surface area contributed by atoms with Gasteiger partial charge in [-0.3, -0.25) is 9.59 Å². The number of amides is 1. The third kappa shape index (κ3) is 7.69. The van der Waals surface area contributed by atoms with Crippen LogP contribution in [0.5, 0.6) is 5.75 Å². The van der Waals surface area contributed by atoms with Crippen LogP contribution in [0.3, 0.4) is 0 Å². The first-order chi connectivity index (χ1) is 13.2. The number of carboxylic acids is 1. The minimum Gasteiger partial charge on any atom is -0.484 e. The van der Waals surface area contributed by atoms with E-state index in [9.17, 15) is 22.8 Å². The fourth-order valence-electron chi connectivity index (χ4n) is 2.56. The lowest BCUT2D eigenvalue weighted by Gasteiger charge is -2.18.